The van der Waals surface area contributed by atoms with Gasteiger partial charge in [0.05, 0.1) is 12.5 Å². The molecule has 0 saturated carbocycles. The number of unbranched alkanes of at least 4 members (excludes halogenated alkanes) is 14. The van der Waals surface area contributed by atoms with Crippen LogP contribution in [0.5, 0.6) is 0 Å². The fraction of sp³-hybridized carbons (Fsp3) is 0.958. The third kappa shape index (κ3) is 16.9. The second-order valence-corrected chi connectivity index (χ2v) is 7.98. The molecule has 156 valence electrons. The zero-order valence-corrected chi connectivity index (χ0v) is 18.3. The lowest BCUT2D eigenvalue weighted by Gasteiger charge is -2.15. The Kier molecular flexibility index (Phi) is 20.4. The van der Waals surface area contributed by atoms with Crippen molar-refractivity contribution in [3.8, 4) is 0 Å². The predicted molar refractivity (Wildman–Crippen MR) is 115 cm³/mol. The van der Waals surface area contributed by atoms with Crippen LogP contribution in [0.1, 0.15) is 136 Å². The first kappa shape index (κ1) is 25.5. The Morgan fingerprint density at radius 1 is 0.577 bits per heavy atom. The average molecular weight is 369 g/mol. The van der Waals surface area contributed by atoms with Gasteiger partial charge in [0.25, 0.3) is 0 Å². The van der Waals surface area contributed by atoms with Crippen molar-refractivity contribution in [2.75, 3.05) is 6.61 Å². The Balaban J connectivity index is 3.72. The summed E-state index contributed by atoms with van der Waals surface area (Å²) in [6, 6.07) is 0. The molecule has 0 radical (unpaired) electrons. The summed E-state index contributed by atoms with van der Waals surface area (Å²) in [5.74, 6) is 0.201. The van der Waals surface area contributed by atoms with Crippen LogP contribution in [0.4, 0.5) is 0 Å². The second kappa shape index (κ2) is 20.8. The maximum absolute atomic E-state index is 12.2. The Labute approximate surface area is 164 Å². The minimum atomic E-state index is 0.0528. The van der Waals surface area contributed by atoms with Crippen LogP contribution in [-0.2, 0) is 9.53 Å². The van der Waals surface area contributed by atoms with Crippen LogP contribution >= 0.6 is 0 Å². The molecule has 26 heavy (non-hydrogen) atoms. The highest BCUT2D eigenvalue weighted by Gasteiger charge is 2.18. The number of hydrogen-bond donors (Lipinski definition) is 0. The molecule has 0 fully saturated rings. The molecule has 0 amide bonds. The van der Waals surface area contributed by atoms with Crippen LogP contribution in [0.2, 0.25) is 0 Å². The Morgan fingerprint density at radius 3 is 1.27 bits per heavy atom. The lowest BCUT2D eigenvalue weighted by molar-refractivity contribution is -0.148. The first-order valence-electron chi connectivity index (χ1n) is 11.9. The van der Waals surface area contributed by atoms with E-state index in [-0.39, 0.29) is 11.9 Å². The molecule has 2 heteroatoms. The van der Waals surface area contributed by atoms with E-state index in [1.54, 1.807) is 0 Å². The summed E-state index contributed by atoms with van der Waals surface area (Å²) in [6.07, 6.45) is 23.4. The largest absolute Gasteiger partial charge is 0.466 e. The van der Waals surface area contributed by atoms with Crippen molar-refractivity contribution in [1.29, 1.82) is 0 Å². The van der Waals surface area contributed by atoms with Gasteiger partial charge in [-0.05, 0) is 19.8 Å². The van der Waals surface area contributed by atoms with E-state index < -0.39 is 0 Å². The van der Waals surface area contributed by atoms with E-state index in [9.17, 15) is 4.79 Å². The highest BCUT2D eigenvalue weighted by Crippen LogP contribution is 2.21. The Morgan fingerprint density at radius 2 is 0.923 bits per heavy atom. The molecule has 0 aromatic carbocycles. The molecule has 2 nitrogen and oxygen atoms in total. The lowest BCUT2D eigenvalue weighted by Crippen LogP contribution is -2.18. The smallest absolute Gasteiger partial charge is 0.308 e. The molecule has 0 bridgehead atoms. The summed E-state index contributed by atoms with van der Waals surface area (Å²) in [4.78, 5) is 12.2. The van der Waals surface area contributed by atoms with Gasteiger partial charge in [-0.25, -0.2) is 0 Å². The van der Waals surface area contributed by atoms with Crippen molar-refractivity contribution in [2.45, 2.75) is 136 Å². The van der Waals surface area contributed by atoms with Gasteiger partial charge in [0.2, 0.25) is 0 Å². The van der Waals surface area contributed by atoms with Gasteiger partial charge in [0.1, 0.15) is 0 Å². The molecule has 0 spiro atoms. The molecule has 0 aliphatic heterocycles. The van der Waals surface area contributed by atoms with E-state index in [1.165, 1.54) is 103 Å². The van der Waals surface area contributed by atoms with Crippen molar-refractivity contribution in [3.05, 3.63) is 0 Å². The van der Waals surface area contributed by atoms with E-state index in [0.717, 1.165) is 12.8 Å². The topological polar surface area (TPSA) is 26.3 Å². The third-order valence-corrected chi connectivity index (χ3v) is 5.43. The van der Waals surface area contributed by atoms with E-state index in [1.807, 2.05) is 6.92 Å². The maximum Gasteiger partial charge on any atom is 0.308 e. The van der Waals surface area contributed by atoms with Crippen LogP contribution in [0, 0.1) is 5.92 Å². The predicted octanol–water partition coefficient (Wildman–Crippen LogP) is 8.23. The molecular weight excluding hydrogens is 320 g/mol. The molecule has 1 unspecified atom stereocenters. The van der Waals surface area contributed by atoms with Gasteiger partial charge in [-0.3, -0.25) is 4.79 Å². The molecule has 1 atom stereocenters. The van der Waals surface area contributed by atoms with Crippen molar-refractivity contribution in [1.82, 2.24) is 0 Å². The number of ether oxygens (including phenoxy) is 1. The molecule has 0 N–H and O–H groups in total. The highest BCUT2D eigenvalue weighted by molar-refractivity contribution is 5.72. The van der Waals surface area contributed by atoms with Crippen molar-refractivity contribution >= 4 is 5.97 Å². The molecule has 0 aromatic heterocycles. The third-order valence-electron chi connectivity index (χ3n) is 5.43. The monoisotopic (exact) mass is 368 g/mol. The van der Waals surface area contributed by atoms with Crippen LogP contribution in [0.25, 0.3) is 0 Å². The molecule has 0 saturated heterocycles. The molecule has 0 aliphatic rings. The molecular formula is C24H48O2. The maximum atomic E-state index is 12.2. The number of carbonyl (C=O) groups is 1. The first-order chi connectivity index (χ1) is 12.8. The van der Waals surface area contributed by atoms with Crippen molar-refractivity contribution in [2.24, 2.45) is 5.92 Å². The van der Waals surface area contributed by atoms with Crippen LogP contribution < -0.4 is 0 Å². The van der Waals surface area contributed by atoms with Gasteiger partial charge in [-0.2, -0.15) is 0 Å². The summed E-state index contributed by atoms with van der Waals surface area (Å²) in [7, 11) is 0. The van der Waals surface area contributed by atoms with Gasteiger partial charge in [-0.1, -0.05) is 117 Å². The Bertz CT molecular complexity index is 288. The van der Waals surface area contributed by atoms with Crippen molar-refractivity contribution in [3.63, 3.8) is 0 Å². The van der Waals surface area contributed by atoms with E-state index in [4.69, 9.17) is 4.74 Å². The zero-order valence-electron chi connectivity index (χ0n) is 18.3. The van der Waals surface area contributed by atoms with Gasteiger partial charge < -0.3 is 4.74 Å². The van der Waals surface area contributed by atoms with Gasteiger partial charge >= 0.3 is 5.97 Å². The van der Waals surface area contributed by atoms with Gasteiger partial charge in [-0.15, -0.1) is 0 Å². The standard InChI is InChI=1S/C24H48O2/c1-4-7-9-11-13-14-15-16-18-20-22-23(24(25)26-6-3)21-19-17-12-10-8-5-2/h23H,4-22H2,1-3H3. The molecule has 0 rings (SSSR count). The average Bonchev–Trinajstić information content (AvgIpc) is 2.64. The van der Waals surface area contributed by atoms with Gasteiger partial charge in [0, 0.05) is 0 Å². The Hall–Kier alpha value is -0.530. The van der Waals surface area contributed by atoms with E-state index >= 15 is 0 Å². The molecule has 0 aliphatic carbocycles. The summed E-state index contributed by atoms with van der Waals surface area (Å²) in [6.45, 7) is 6.96. The van der Waals surface area contributed by atoms with E-state index in [0.29, 0.717) is 6.61 Å². The minimum Gasteiger partial charge on any atom is -0.466 e. The highest BCUT2D eigenvalue weighted by atomic mass is 16.5. The quantitative estimate of drug-likeness (QED) is 0.160. The first-order valence-corrected chi connectivity index (χ1v) is 11.9. The summed E-state index contributed by atoms with van der Waals surface area (Å²) < 4.78 is 5.30. The number of esters is 1. The van der Waals surface area contributed by atoms with E-state index in [2.05, 4.69) is 13.8 Å². The number of hydrogen-bond acceptors (Lipinski definition) is 2. The van der Waals surface area contributed by atoms with Crippen molar-refractivity contribution < 1.29 is 9.53 Å². The van der Waals surface area contributed by atoms with Crippen LogP contribution in [-0.4, -0.2) is 12.6 Å². The SMILES string of the molecule is CCCCCCCCCCCCC(CCCCCCCC)C(=O)OCC. The number of rotatable bonds is 20. The zero-order chi connectivity index (χ0) is 19.3. The molecule has 0 aromatic rings. The fourth-order valence-corrected chi connectivity index (χ4v) is 3.69. The summed E-state index contributed by atoms with van der Waals surface area (Å²) in [5.41, 5.74) is 0. The normalized spacial score (nSPS) is 12.3. The number of carbonyl (C=O) groups excluding carboxylic acids is 1. The van der Waals surface area contributed by atoms with Crippen LogP contribution in [0.15, 0.2) is 0 Å². The fourth-order valence-electron chi connectivity index (χ4n) is 3.69. The minimum absolute atomic E-state index is 0.0528. The second-order valence-electron chi connectivity index (χ2n) is 7.98. The lowest BCUT2D eigenvalue weighted by atomic mass is 9.94. The van der Waals surface area contributed by atoms with Crippen LogP contribution in [0.3, 0.4) is 0 Å². The van der Waals surface area contributed by atoms with Gasteiger partial charge in [0.15, 0.2) is 0 Å². The molecule has 0 heterocycles. The summed E-state index contributed by atoms with van der Waals surface area (Å²) >= 11 is 0. The summed E-state index contributed by atoms with van der Waals surface area (Å²) in [5, 5.41) is 0.